The highest BCUT2D eigenvalue weighted by Gasteiger charge is 2.22. The fourth-order valence-corrected chi connectivity index (χ4v) is 4.33. The van der Waals surface area contributed by atoms with E-state index in [1.807, 2.05) is 32.0 Å². The smallest absolute Gasteiger partial charge is 0.243 e. The Bertz CT molecular complexity index is 1030. The summed E-state index contributed by atoms with van der Waals surface area (Å²) in [6.07, 6.45) is 0.856. The summed E-state index contributed by atoms with van der Waals surface area (Å²) < 4.78 is 37.9. The number of benzene rings is 2. The predicted octanol–water partition coefficient (Wildman–Crippen LogP) is 3.68. The summed E-state index contributed by atoms with van der Waals surface area (Å²) in [5, 5.41) is 6.47. The molecule has 3 rings (SSSR count). The van der Waals surface area contributed by atoms with Crippen molar-refractivity contribution in [1.29, 1.82) is 0 Å². The van der Waals surface area contributed by atoms with Crippen LogP contribution in [-0.2, 0) is 16.6 Å². The summed E-state index contributed by atoms with van der Waals surface area (Å²) in [6, 6.07) is 12.4. The molecule has 0 fully saturated rings. The molecule has 0 aromatic heterocycles. The molecule has 0 spiro atoms. The molecule has 0 unspecified atom stereocenters. The van der Waals surface area contributed by atoms with Crippen LogP contribution in [0.25, 0.3) is 0 Å². The third-order valence-corrected chi connectivity index (χ3v) is 7.07. The second kappa shape index (κ2) is 11.7. The van der Waals surface area contributed by atoms with E-state index in [0.29, 0.717) is 31.5 Å². The molecule has 8 nitrogen and oxygen atoms in total. The number of anilines is 1. The lowest BCUT2D eigenvalue weighted by Gasteiger charge is -2.21. The molecule has 2 aromatic carbocycles. The van der Waals surface area contributed by atoms with E-state index >= 15 is 0 Å². The average Bonchev–Trinajstić information content (AvgIpc) is 3.01. The molecule has 32 heavy (non-hydrogen) atoms. The molecule has 1 aliphatic rings. The third kappa shape index (κ3) is 6.48. The maximum Gasteiger partial charge on any atom is 0.243 e. The van der Waals surface area contributed by atoms with Crippen LogP contribution in [0.2, 0.25) is 0 Å². The van der Waals surface area contributed by atoms with Gasteiger partial charge in [-0.15, -0.1) is 24.0 Å². The van der Waals surface area contributed by atoms with Crippen LogP contribution in [0.1, 0.15) is 25.8 Å². The monoisotopic (exact) mass is 574 g/mol. The standard InChI is InChI=1S/C22H30N4O4S.HI/c1-16(2)26(4)31(27,28)19-9-6-17(7-10-19)15-24-22(23-3)25-18-8-11-20-21(14-18)30-13-5-12-29-20;/h6-11,14,16H,5,12-13,15H2,1-4H3,(H2,23,24,25);1H. The van der Waals surface area contributed by atoms with Crippen molar-refractivity contribution in [3.8, 4) is 11.5 Å². The van der Waals surface area contributed by atoms with E-state index in [4.69, 9.17) is 9.47 Å². The maximum atomic E-state index is 12.6. The van der Waals surface area contributed by atoms with E-state index in [1.54, 1.807) is 38.4 Å². The molecule has 0 saturated heterocycles. The quantitative estimate of drug-likeness (QED) is 0.311. The lowest BCUT2D eigenvalue weighted by molar-refractivity contribution is 0.297. The number of nitrogens with one attached hydrogen (secondary N) is 2. The van der Waals surface area contributed by atoms with E-state index in [-0.39, 0.29) is 34.9 Å². The minimum atomic E-state index is -3.49. The summed E-state index contributed by atoms with van der Waals surface area (Å²) in [6.45, 7) is 5.46. The van der Waals surface area contributed by atoms with Crippen molar-refractivity contribution in [2.24, 2.45) is 4.99 Å². The predicted molar refractivity (Wildman–Crippen MR) is 138 cm³/mol. The number of aliphatic imine (C=N–C) groups is 1. The van der Waals surface area contributed by atoms with Crippen molar-refractivity contribution in [1.82, 2.24) is 9.62 Å². The number of rotatable bonds is 6. The summed E-state index contributed by atoms with van der Waals surface area (Å²) in [4.78, 5) is 4.53. The van der Waals surface area contributed by atoms with E-state index in [2.05, 4.69) is 15.6 Å². The first-order valence-corrected chi connectivity index (χ1v) is 11.7. The zero-order valence-corrected chi connectivity index (χ0v) is 21.9. The lowest BCUT2D eigenvalue weighted by atomic mass is 10.2. The first-order valence-electron chi connectivity index (χ1n) is 10.3. The zero-order chi connectivity index (χ0) is 22.4. The van der Waals surface area contributed by atoms with Crippen LogP contribution in [-0.4, -0.2) is 52.0 Å². The highest BCUT2D eigenvalue weighted by Crippen LogP contribution is 2.32. The molecule has 0 aliphatic carbocycles. The van der Waals surface area contributed by atoms with E-state index in [0.717, 1.165) is 23.4 Å². The Morgan fingerprint density at radius 3 is 2.38 bits per heavy atom. The Morgan fingerprint density at radius 1 is 1.09 bits per heavy atom. The van der Waals surface area contributed by atoms with Gasteiger partial charge in [0.2, 0.25) is 10.0 Å². The highest BCUT2D eigenvalue weighted by atomic mass is 127. The minimum Gasteiger partial charge on any atom is -0.490 e. The third-order valence-electron chi connectivity index (χ3n) is 5.02. The summed E-state index contributed by atoms with van der Waals surface area (Å²) in [7, 11) is -0.209. The Hall–Kier alpha value is -2.05. The molecule has 0 saturated carbocycles. The molecular formula is C22H31IN4O4S. The van der Waals surface area contributed by atoms with Crippen LogP contribution in [0, 0.1) is 0 Å². The van der Waals surface area contributed by atoms with E-state index in [9.17, 15) is 8.42 Å². The number of hydrogen-bond donors (Lipinski definition) is 2. The number of sulfonamides is 1. The lowest BCUT2D eigenvalue weighted by Crippen LogP contribution is -2.33. The van der Waals surface area contributed by atoms with Crippen LogP contribution in [0.3, 0.4) is 0 Å². The fraction of sp³-hybridized carbons (Fsp3) is 0.409. The highest BCUT2D eigenvalue weighted by molar-refractivity contribution is 14.0. The van der Waals surface area contributed by atoms with Gasteiger partial charge in [-0.1, -0.05) is 12.1 Å². The normalized spacial score (nSPS) is 14.0. The van der Waals surface area contributed by atoms with Gasteiger partial charge in [0, 0.05) is 44.9 Å². The van der Waals surface area contributed by atoms with Crippen LogP contribution < -0.4 is 20.1 Å². The molecule has 2 N–H and O–H groups in total. The largest absolute Gasteiger partial charge is 0.490 e. The maximum absolute atomic E-state index is 12.6. The minimum absolute atomic E-state index is 0. The molecule has 176 valence electrons. The van der Waals surface area contributed by atoms with Gasteiger partial charge in [-0.3, -0.25) is 4.99 Å². The van der Waals surface area contributed by atoms with Crippen LogP contribution >= 0.6 is 24.0 Å². The number of hydrogen-bond acceptors (Lipinski definition) is 5. The summed E-state index contributed by atoms with van der Waals surface area (Å²) in [5.74, 6) is 2.04. The molecule has 0 atom stereocenters. The Labute approximate surface area is 207 Å². The topological polar surface area (TPSA) is 92.3 Å². The van der Waals surface area contributed by atoms with Crippen LogP contribution in [0.4, 0.5) is 5.69 Å². The second-order valence-electron chi connectivity index (χ2n) is 7.52. The van der Waals surface area contributed by atoms with Gasteiger partial charge in [-0.2, -0.15) is 4.31 Å². The van der Waals surface area contributed by atoms with Gasteiger partial charge in [-0.05, 0) is 43.7 Å². The molecule has 0 amide bonds. The number of guanidine groups is 1. The van der Waals surface area contributed by atoms with Crippen molar-refractivity contribution in [2.75, 3.05) is 32.6 Å². The second-order valence-corrected chi connectivity index (χ2v) is 9.52. The van der Waals surface area contributed by atoms with Gasteiger partial charge >= 0.3 is 0 Å². The van der Waals surface area contributed by atoms with Gasteiger partial charge in [0.1, 0.15) is 0 Å². The zero-order valence-electron chi connectivity index (χ0n) is 18.8. The molecule has 2 aromatic rings. The summed E-state index contributed by atoms with van der Waals surface area (Å²) in [5.41, 5.74) is 1.77. The SMILES string of the molecule is CN=C(NCc1ccc(S(=O)(=O)N(C)C(C)C)cc1)Nc1ccc2c(c1)OCCCO2.I. The Kier molecular flexibility index (Phi) is 9.59. The van der Waals surface area contributed by atoms with Crippen molar-refractivity contribution in [3.05, 3.63) is 48.0 Å². The van der Waals surface area contributed by atoms with Crippen molar-refractivity contribution < 1.29 is 17.9 Å². The molecule has 1 aliphatic heterocycles. The molecule has 10 heteroatoms. The molecular weight excluding hydrogens is 543 g/mol. The van der Waals surface area contributed by atoms with E-state index in [1.165, 1.54) is 4.31 Å². The Balaban J connectivity index is 0.00000363. The summed E-state index contributed by atoms with van der Waals surface area (Å²) >= 11 is 0. The van der Waals surface area contributed by atoms with Gasteiger partial charge < -0.3 is 20.1 Å². The first-order chi connectivity index (χ1) is 14.8. The molecule has 0 radical (unpaired) electrons. The van der Waals surface area contributed by atoms with Gasteiger partial charge in [-0.25, -0.2) is 8.42 Å². The number of fused-ring (bicyclic) bond motifs is 1. The van der Waals surface area contributed by atoms with Gasteiger partial charge in [0.15, 0.2) is 17.5 Å². The van der Waals surface area contributed by atoms with Crippen LogP contribution in [0.15, 0.2) is 52.4 Å². The Morgan fingerprint density at radius 2 is 1.75 bits per heavy atom. The number of halogens is 1. The van der Waals surface area contributed by atoms with Crippen LogP contribution in [0.5, 0.6) is 11.5 Å². The fourth-order valence-electron chi connectivity index (χ4n) is 2.97. The average molecular weight is 574 g/mol. The van der Waals surface area contributed by atoms with E-state index < -0.39 is 10.0 Å². The molecule has 0 bridgehead atoms. The van der Waals surface area contributed by atoms with Gasteiger partial charge in [0.25, 0.3) is 0 Å². The van der Waals surface area contributed by atoms with Crippen molar-refractivity contribution >= 4 is 45.6 Å². The van der Waals surface area contributed by atoms with Crippen molar-refractivity contribution in [3.63, 3.8) is 0 Å². The first kappa shape index (κ1) is 26.2. The molecule has 1 heterocycles. The number of ether oxygens (including phenoxy) is 2. The van der Waals surface area contributed by atoms with Gasteiger partial charge in [0.05, 0.1) is 18.1 Å². The van der Waals surface area contributed by atoms with Crippen molar-refractivity contribution in [2.45, 2.75) is 37.8 Å². The number of nitrogens with zero attached hydrogens (tertiary/aromatic N) is 2.